The van der Waals surface area contributed by atoms with Crippen molar-refractivity contribution in [3.63, 3.8) is 0 Å². The van der Waals surface area contributed by atoms with Crippen LogP contribution in [0.1, 0.15) is 5.56 Å². The van der Waals surface area contributed by atoms with Gasteiger partial charge in [0.25, 0.3) is 0 Å². The van der Waals surface area contributed by atoms with E-state index in [0.29, 0.717) is 0 Å². The zero-order chi connectivity index (χ0) is 31.3. The van der Waals surface area contributed by atoms with Gasteiger partial charge < -0.3 is 4.98 Å². The van der Waals surface area contributed by atoms with Crippen molar-refractivity contribution in [1.29, 1.82) is 0 Å². The van der Waals surface area contributed by atoms with E-state index >= 15 is 0 Å². The molecule has 0 aliphatic carbocycles. The molecule has 4 heterocycles. The van der Waals surface area contributed by atoms with Crippen LogP contribution in [-0.2, 0) is 20.1 Å². The SMILES string of the molecule is C[Si](C)(C)c1ccc(-c2[c-]cccc2)nc1.Cc1ccnc(-c2[c-]ccc3c2oc2c[c]4c(cc23)-c2cccc[c]2[Ge]4([CH3])[CH3])c1.[Ir]. The number of nitrogens with zero attached hydrogens (tertiary/aromatic N) is 2. The van der Waals surface area contributed by atoms with Crippen molar-refractivity contribution in [3.8, 4) is 33.6 Å². The zero-order valence-corrected chi connectivity index (χ0v) is 32.5. The van der Waals surface area contributed by atoms with Crippen LogP contribution in [0.5, 0.6) is 0 Å². The number of hydrogen-bond donors (Lipinski definition) is 0. The Hall–Kier alpha value is -3.61. The summed E-state index contributed by atoms with van der Waals surface area (Å²) in [5, 5.41) is 3.71. The van der Waals surface area contributed by atoms with Crippen molar-refractivity contribution < 1.29 is 24.5 Å². The fourth-order valence-electron chi connectivity index (χ4n) is 6.35. The molecule has 0 saturated carbocycles. The number of benzene rings is 4. The molecule has 0 unspecified atom stereocenters. The molecule has 7 aromatic rings. The van der Waals surface area contributed by atoms with E-state index in [1.54, 1.807) is 4.40 Å². The van der Waals surface area contributed by atoms with Gasteiger partial charge in [-0.05, 0) is 10.9 Å². The van der Waals surface area contributed by atoms with Crippen LogP contribution < -0.4 is 14.0 Å². The second-order valence-corrected chi connectivity index (χ2v) is 27.6. The number of aryl methyl sites for hydroxylation is 1. The first-order valence-electron chi connectivity index (χ1n) is 15.5. The van der Waals surface area contributed by atoms with Crippen LogP contribution in [0.15, 0.2) is 114 Å². The van der Waals surface area contributed by atoms with E-state index in [-0.39, 0.29) is 20.1 Å². The summed E-state index contributed by atoms with van der Waals surface area (Å²) in [6.45, 7) is 9.08. The molecule has 0 fully saturated rings. The van der Waals surface area contributed by atoms with E-state index in [4.69, 9.17) is 4.42 Å². The summed E-state index contributed by atoms with van der Waals surface area (Å²) < 4.78 is 9.53. The molecule has 1 radical (unpaired) electrons. The van der Waals surface area contributed by atoms with Gasteiger partial charge in [0.1, 0.15) is 0 Å². The minimum absolute atomic E-state index is 0. The summed E-state index contributed by atoms with van der Waals surface area (Å²) in [5.74, 6) is 4.96. The molecular formula is C40H36GeIrN2OSi-2. The number of fused-ring (bicyclic) bond motifs is 6. The minimum Gasteiger partial charge on any atom is 0 e. The first-order valence-corrected chi connectivity index (χ1v) is 25.3. The van der Waals surface area contributed by atoms with Crippen molar-refractivity contribution in [2.45, 2.75) is 38.1 Å². The molecule has 46 heavy (non-hydrogen) atoms. The normalized spacial score (nSPS) is 13.0. The van der Waals surface area contributed by atoms with E-state index in [1.165, 1.54) is 31.7 Å². The number of hydrogen-bond acceptors (Lipinski definition) is 3. The van der Waals surface area contributed by atoms with Gasteiger partial charge in [0.2, 0.25) is 0 Å². The van der Waals surface area contributed by atoms with Crippen LogP contribution in [0.3, 0.4) is 0 Å². The van der Waals surface area contributed by atoms with Crippen molar-refractivity contribution in [1.82, 2.24) is 9.97 Å². The van der Waals surface area contributed by atoms with Crippen LogP contribution in [0.4, 0.5) is 0 Å². The summed E-state index contributed by atoms with van der Waals surface area (Å²) in [5.41, 5.74) is 9.74. The van der Waals surface area contributed by atoms with E-state index in [2.05, 4.69) is 121 Å². The fraction of sp³-hybridized carbons (Fsp3) is 0.150. The molecule has 0 amide bonds. The van der Waals surface area contributed by atoms with Crippen LogP contribution in [-0.4, -0.2) is 31.3 Å². The van der Waals surface area contributed by atoms with Gasteiger partial charge in [-0.2, -0.15) is 0 Å². The van der Waals surface area contributed by atoms with Crippen LogP contribution in [0.25, 0.3) is 55.6 Å². The molecule has 1 aliphatic rings. The average molecular weight is 854 g/mol. The third-order valence-electron chi connectivity index (χ3n) is 8.92. The maximum Gasteiger partial charge on any atom is 0 e. The standard InChI is InChI=1S/C26H20GeNO.C14H16NSi.Ir/c1-16-11-12-28-24(13-16)19-9-6-8-18-21-14-20-17-7-4-5-10-22(17)27(2,3)23(20)15-25(21)29-26(18)19;1-16(2,3)13-9-10-14(15-11-13)12-7-5-4-6-8-12;/h4-8,10-15H,1-3H3;4-7,9-11H,1-3H3;/q2*-1;. The molecule has 1 aliphatic heterocycles. The minimum atomic E-state index is -2.30. The third-order valence-corrected chi connectivity index (χ3v) is 18.4. The maximum atomic E-state index is 6.45. The number of aromatic nitrogens is 2. The Morgan fingerprint density at radius 2 is 1.52 bits per heavy atom. The monoisotopic (exact) mass is 855 g/mol. The van der Waals surface area contributed by atoms with Gasteiger partial charge in [0.15, 0.2) is 0 Å². The summed E-state index contributed by atoms with van der Waals surface area (Å²) >= 11 is -2.30. The van der Waals surface area contributed by atoms with E-state index in [9.17, 15) is 0 Å². The second-order valence-electron chi connectivity index (χ2n) is 13.4. The maximum absolute atomic E-state index is 6.45. The molecule has 3 aromatic heterocycles. The van der Waals surface area contributed by atoms with Gasteiger partial charge in [-0.25, -0.2) is 0 Å². The summed E-state index contributed by atoms with van der Waals surface area (Å²) in [6.07, 6.45) is 3.87. The van der Waals surface area contributed by atoms with Crippen LogP contribution in [0.2, 0.25) is 31.2 Å². The second kappa shape index (κ2) is 12.5. The number of pyridine rings is 2. The number of furan rings is 1. The van der Waals surface area contributed by atoms with Gasteiger partial charge in [0.05, 0.1) is 8.07 Å². The predicted molar refractivity (Wildman–Crippen MR) is 194 cm³/mol. The Morgan fingerprint density at radius 3 is 2.24 bits per heavy atom. The molecule has 0 N–H and O–H groups in total. The Kier molecular flexibility index (Phi) is 8.81. The Balaban J connectivity index is 0.000000187. The van der Waals surface area contributed by atoms with Crippen molar-refractivity contribution >= 4 is 57.3 Å². The van der Waals surface area contributed by atoms with Crippen LogP contribution >= 0.6 is 0 Å². The first-order chi connectivity index (χ1) is 21.6. The van der Waals surface area contributed by atoms with Crippen molar-refractivity contribution in [2.24, 2.45) is 0 Å². The van der Waals surface area contributed by atoms with Gasteiger partial charge in [-0.1, -0.05) is 31.8 Å². The smallest absolute Gasteiger partial charge is 0 e. The first kappa shape index (κ1) is 32.3. The van der Waals surface area contributed by atoms with Gasteiger partial charge in [0, 0.05) is 26.3 Å². The quantitative estimate of drug-likeness (QED) is 0.132. The molecule has 4 aromatic carbocycles. The van der Waals surface area contributed by atoms with Crippen molar-refractivity contribution in [3.05, 3.63) is 127 Å². The fourth-order valence-corrected chi connectivity index (χ4v) is 13.8. The summed E-state index contributed by atoms with van der Waals surface area (Å²) in [7, 11) is -1.23. The average Bonchev–Trinajstić information content (AvgIpc) is 3.52. The molecule has 3 nitrogen and oxygen atoms in total. The van der Waals surface area contributed by atoms with E-state index in [1.807, 2.05) is 48.8 Å². The molecular weight excluding hydrogens is 817 g/mol. The Labute approximate surface area is 288 Å². The van der Waals surface area contributed by atoms with Gasteiger partial charge in [-0.3, -0.25) is 0 Å². The Morgan fingerprint density at radius 1 is 0.717 bits per heavy atom. The molecule has 231 valence electrons. The van der Waals surface area contributed by atoms with Crippen molar-refractivity contribution in [2.75, 3.05) is 0 Å². The largest absolute Gasteiger partial charge is 0 e. The molecule has 6 heteroatoms. The van der Waals surface area contributed by atoms with Gasteiger partial charge >= 0.3 is 173 Å². The molecule has 0 spiro atoms. The number of rotatable bonds is 3. The Bertz CT molecular complexity index is 2180. The third kappa shape index (κ3) is 5.86. The molecule has 8 rings (SSSR count). The summed E-state index contributed by atoms with van der Waals surface area (Å²) in [4.78, 5) is 9.08. The molecule has 0 bridgehead atoms. The topological polar surface area (TPSA) is 38.9 Å². The van der Waals surface area contributed by atoms with Crippen LogP contribution in [0, 0.1) is 19.1 Å². The van der Waals surface area contributed by atoms with E-state index < -0.39 is 21.3 Å². The van der Waals surface area contributed by atoms with E-state index in [0.717, 1.165) is 39.1 Å². The molecule has 0 atom stereocenters. The predicted octanol–water partition coefficient (Wildman–Crippen LogP) is 8.65. The van der Waals surface area contributed by atoms with Gasteiger partial charge in [-0.15, -0.1) is 35.9 Å². The molecule has 0 saturated heterocycles. The summed E-state index contributed by atoms with van der Waals surface area (Å²) in [6, 6.07) is 40.6. The zero-order valence-electron chi connectivity index (χ0n) is 27.0.